The smallest absolute Gasteiger partial charge is 0.248 e. The number of hydrogen-bond acceptors (Lipinski definition) is 5. The molecule has 0 aromatic heterocycles. The van der Waals surface area contributed by atoms with Gasteiger partial charge in [0.1, 0.15) is 0 Å². The zero-order valence-corrected chi connectivity index (χ0v) is 17.5. The number of amides is 1. The van der Waals surface area contributed by atoms with Crippen LogP contribution >= 0.6 is 11.8 Å². The number of nitrogens with zero attached hydrogens (tertiary/aromatic N) is 3. The molecule has 3 unspecified atom stereocenters. The monoisotopic (exact) mass is 389 g/mol. The van der Waals surface area contributed by atoms with E-state index in [1.54, 1.807) is 19.7 Å². The van der Waals surface area contributed by atoms with Crippen molar-refractivity contribution in [3.05, 3.63) is 23.8 Å². The summed E-state index contributed by atoms with van der Waals surface area (Å²) in [6.45, 7) is 6.44. The second-order valence-electron chi connectivity index (χ2n) is 8.06. The predicted octanol–water partition coefficient (Wildman–Crippen LogP) is 3.21. The fourth-order valence-electron chi connectivity index (χ4n) is 4.91. The van der Waals surface area contributed by atoms with Crippen LogP contribution in [0.3, 0.4) is 0 Å². The van der Waals surface area contributed by atoms with Crippen LogP contribution < -0.4 is 4.90 Å². The molecule has 1 fully saturated rings. The first-order valence-corrected chi connectivity index (χ1v) is 11.1. The lowest BCUT2D eigenvalue weighted by molar-refractivity contribution is -0.173. The van der Waals surface area contributed by atoms with Crippen LogP contribution in [0, 0.1) is 5.92 Å². The molecule has 0 radical (unpaired) electrons. The van der Waals surface area contributed by atoms with Gasteiger partial charge in [-0.15, -0.1) is 11.8 Å². The Balaban J connectivity index is 1.43. The number of carbonyl (C=O) groups excluding carboxylic acids is 1. The molecular formula is C21H31N3O2S. The third-order valence-electron chi connectivity index (χ3n) is 6.46. The zero-order valence-electron chi connectivity index (χ0n) is 16.7. The molecule has 27 heavy (non-hydrogen) atoms. The Kier molecular flexibility index (Phi) is 5.67. The maximum atomic E-state index is 12.2. The van der Waals surface area contributed by atoms with Crippen molar-refractivity contribution in [2.75, 3.05) is 51.0 Å². The van der Waals surface area contributed by atoms with Gasteiger partial charge >= 0.3 is 0 Å². The SMILES string of the molecule is CON(C)C(=O)C(C)CCN1CCC2C(C1)c1cccc3c1N2CCCS3. The predicted molar refractivity (Wildman–Crippen MR) is 110 cm³/mol. The Hall–Kier alpha value is -1.24. The van der Waals surface area contributed by atoms with Gasteiger partial charge in [-0.3, -0.25) is 9.63 Å². The van der Waals surface area contributed by atoms with Crippen molar-refractivity contribution in [1.29, 1.82) is 0 Å². The number of piperidine rings is 1. The Bertz CT molecular complexity index is 698. The largest absolute Gasteiger partial charge is 0.367 e. The molecule has 1 amide bonds. The third-order valence-corrected chi connectivity index (χ3v) is 7.60. The van der Waals surface area contributed by atoms with E-state index in [0.717, 1.165) is 26.1 Å². The third kappa shape index (κ3) is 3.59. The molecule has 1 aromatic rings. The van der Waals surface area contributed by atoms with Gasteiger partial charge in [-0.05, 0) is 43.2 Å². The summed E-state index contributed by atoms with van der Waals surface area (Å²) in [5.74, 6) is 1.90. The second kappa shape index (κ2) is 8.02. The van der Waals surface area contributed by atoms with Gasteiger partial charge in [0, 0.05) is 49.5 Å². The van der Waals surface area contributed by atoms with Gasteiger partial charge in [-0.2, -0.15) is 0 Å². The molecule has 4 rings (SSSR count). The first-order chi connectivity index (χ1) is 13.1. The molecule has 0 aliphatic carbocycles. The molecule has 3 aliphatic heterocycles. The Morgan fingerprint density at radius 3 is 3.07 bits per heavy atom. The highest BCUT2D eigenvalue weighted by molar-refractivity contribution is 7.99. The summed E-state index contributed by atoms with van der Waals surface area (Å²) in [6, 6.07) is 7.56. The lowest BCUT2D eigenvalue weighted by Gasteiger charge is -2.39. The van der Waals surface area contributed by atoms with Crippen LogP contribution in [0.4, 0.5) is 5.69 Å². The summed E-state index contributed by atoms with van der Waals surface area (Å²) in [5, 5.41) is 1.35. The molecule has 148 valence electrons. The Morgan fingerprint density at radius 1 is 1.41 bits per heavy atom. The van der Waals surface area contributed by atoms with E-state index in [4.69, 9.17) is 4.84 Å². The van der Waals surface area contributed by atoms with E-state index in [9.17, 15) is 4.79 Å². The normalized spacial score (nSPS) is 25.5. The summed E-state index contributed by atoms with van der Waals surface area (Å²) >= 11 is 2.03. The lowest BCUT2D eigenvalue weighted by Crippen LogP contribution is -2.47. The zero-order chi connectivity index (χ0) is 19.0. The fourth-order valence-corrected chi connectivity index (χ4v) is 5.95. The highest BCUT2D eigenvalue weighted by atomic mass is 32.2. The van der Waals surface area contributed by atoms with Crippen molar-refractivity contribution in [2.45, 2.75) is 43.0 Å². The quantitative estimate of drug-likeness (QED) is 0.723. The molecular weight excluding hydrogens is 358 g/mol. The van der Waals surface area contributed by atoms with Crippen LogP contribution in [-0.4, -0.2) is 68.0 Å². The van der Waals surface area contributed by atoms with E-state index in [0.29, 0.717) is 12.0 Å². The van der Waals surface area contributed by atoms with E-state index in [1.807, 2.05) is 18.7 Å². The fraction of sp³-hybridized carbons (Fsp3) is 0.667. The van der Waals surface area contributed by atoms with Crippen molar-refractivity contribution in [2.24, 2.45) is 5.92 Å². The summed E-state index contributed by atoms with van der Waals surface area (Å²) in [7, 11) is 3.23. The molecule has 5 nitrogen and oxygen atoms in total. The number of thioether (sulfide) groups is 1. The number of anilines is 1. The number of hydrogen-bond donors (Lipinski definition) is 0. The first kappa shape index (κ1) is 19.1. The standard InChI is InChI=1S/C21H31N3O2S/c1-15(21(25)22(2)26-3)8-11-23-12-9-18-17(14-23)16-6-4-7-19-20(16)24(18)10-5-13-27-19/h4,6-7,15,17-18H,5,8-14H2,1-3H3. The minimum absolute atomic E-state index is 0.00589. The number of hydroxylamine groups is 2. The summed E-state index contributed by atoms with van der Waals surface area (Å²) in [6.07, 6.45) is 3.39. The van der Waals surface area contributed by atoms with Gasteiger partial charge in [-0.1, -0.05) is 19.1 Å². The molecule has 3 heterocycles. The summed E-state index contributed by atoms with van der Waals surface area (Å²) < 4.78 is 0. The number of rotatable bonds is 5. The second-order valence-corrected chi connectivity index (χ2v) is 9.20. The maximum absolute atomic E-state index is 12.2. The van der Waals surface area contributed by atoms with E-state index in [-0.39, 0.29) is 11.8 Å². The van der Waals surface area contributed by atoms with E-state index in [1.165, 1.54) is 40.8 Å². The Morgan fingerprint density at radius 2 is 2.26 bits per heavy atom. The molecule has 0 saturated carbocycles. The molecule has 3 atom stereocenters. The molecule has 3 aliphatic rings. The molecule has 0 N–H and O–H groups in total. The van der Waals surface area contributed by atoms with Gasteiger partial charge in [0.15, 0.2) is 0 Å². The van der Waals surface area contributed by atoms with Gasteiger partial charge in [0.05, 0.1) is 12.8 Å². The van der Waals surface area contributed by atoms with Crippen LogP contribution in [0.25, 0.3) is 0 Å². The van der Waals surface area contributed by atoms with Gasteiger partial charge in [0.25, 0.3) is 0 Å². The van der Waals surface area contributed by atoms with E-state index in [2.05, 4.69) is 28.0 Å². The average Bonchev–Trinajstić information content (AvgIpc) is 2.86. The minimum atomic E-state index is -0.00589. The van der Waals surface area contributed by atoms with Crippen LogP contribution in [-0.2, 0) is 9.63 Å². The number of fused-ring (bicyclic) bond motifs is 3. The number of benzene rings is 1. The van der Waals surface area contributed by atoms with Crippen molar-refractivity contribution >= 4 is 23.4 Å². The van der Waals surface area contributed by atoms with Crippen molar-refractivity contribution in [1.82, 2.24) is 9.96 Å². The van der Waals surface area contributed by atoms with E-state index >= 15 is 0 Å². The first-order valence-electron chi connectivity index (χ1n) is 10.2. The Labute approximate surface area is 167 Å². The van der Waals surface area contributed by atoms with Crippen molar-refractivity contribution < 1.29 is 9.63 Å². The number of carbonyl (C=O) groups is 1. The molecule has 0 spiro atoms. The van der Waals surface area contributed by atoms with Crippen LogP contribution in [0.5, 0.6) is 0 Å². The van der Waals surface area contributed by atoms with Gasteiger partial charge in [0.2, 0.25) is 5.91 Å². The van der Waals surface area contributed by atoms with Crippen LogP contribution in [0.15, 0.2) is 23.1 Å². The van der Waals surface area contributed by atoms with Crippen molar-refractivity contribution in [3.8, 4) is 0 Å². The van der Waals surface area contributed by atoms with Gasteiger partial charge < -0.3 is 9.80 Å². The summed E-state index contributed by atoms with van der Waals surface area (Å²) in [4.78, 5) is 24.0. The topological polar surface area (TPSA) is 36.0 Å². The molecule has 0 bridgehead atoms. The summed E-state index contributed by atoms with van der Waals surface area (Å²) in [5.41, 5.74) is 3.09. The number of likely N-dealkylation sites (tertiary alicyclic amines) is 1. The molecule has 6 heteroatoms. The van der Waals surface area contributed by atoms with Crippen LogP contribution in [0.2, 0.25) is 0 Å². The molecule has 1 saturated heterocycles. The van der Waals surface area contributed by atoms with Crippen molar-refractivity contribution in [3.63, 3.8) is 0 Å². The highest BCUT2D eigenvalue weighted by Gasteiger charge is 2.43. The van der Waals surface area contributed by atoms with Crippen LogP contribution in [0.1, 0.15) is 37.7 Å². The van der Waals surface area contributed by atoms with Gasteiger partial charge in [-0.25, -0.2) is 5.06 Å². The lowest BCUT2D eigenvalue weighted by atomic mass is 9.88. The molecule has 1 aromatic carbocycles. The average molecular weight is 390 g/mol. The van der Waals surface area contributed by atoms with E-state index < -0.39 is 0 Å². The maximum Gasteiger partial charge on any atom is 0.248 e. The minimum Gasteiger partial charge on any atom is -0.367 e. The highest BCUT2D eigenvalue weighted by Crippen LogP contribution is 2.50. The number of para-hydroxylation sites is 1.